The summed E-state index contributed by atoms with van der Waals surface area (Å²) in [5.41, 5.74) is 8.18. The number of rotatable bonds is 4. The Morgan fingerprint density at radius 3 is 2.25 bits per heavy atom. The number of hydrogen-bond donors (Lipinski definition) is 2. The van der Waals surface area contributed by atoms with Gasteiger partial charge in [-0.2, -0.15) is 0 Å². The number of aryl methyl sites for hydroxylation is 1. The van der Waals surface area contributed by atoms with Crippen LogP contribution in [0.2, 0.25) is 0 Å². The lowest BCUT2D eigenvalue weighted by molar-refractivity contribution is 0.0935. The van der Waals surface area contributed by atoms with Crippen LogP contribution in [0.5, 0.6) is 11.6 Å². The first-order valence-corrected chi connectivity index (χ1v) is 7.36. The molecule has 2 aromatic heterocycles. The van der Waals surface area contributed by atoms with Gasteiger partial charge < -0.3 is 29.7 Å². The summed E-state index contributed by atoms with van der Waals surface area (Å²) in [7, 11) is 0. The highest BCUT2D eigenvalue weighted by Crippen LogP contribution is 2.40. The molecule has 0 aliphatic rings. The van der Waals surface area contributed by atoms with Crippen molar-refractivity contribution in [3.8, 4) is 11.6 Å². The molecule has 2 rings (SSSR count). The average molecular weight is 337 g/mol. The van der Waals surface area contributed by atoms with E-state index in [9.17, 15) is 9.59 Å². The normalized spacial score (nSPS) is 10.5. The second-order valence-corrected chi connectivity index (χ2v) is 4.81. The predicted molar refractivity (Wildman–Crippen MR) is 85.3 cm³/mol. The predicted octanol–water partition coefficient (Wildman–Crippen LogP) is 2.83. The molecule has 0 aliphatic heterocycles. The molecule has 0 saturated heterocycles. The summed E-state index contributed by atoms with van der Waals surface area (Å²) in [6.07, 6.45) is -1.91. The Labute approximate surface area is 138 Å². The number of carbonyl (C=O) groups is 2. The molecule has 0 amide bonds. The standard InChI is InChI=1S/C15H19N3O6/c1-5-21-14(19)23-11-9-10(16)7(3)8(4)17-12(9)18-13(11)24-15(20)22-6-2/h5-6H2,1-4H3,(H3,16,17,18). The maximum absolute atomic E-state index is 11.7. The second-order valence-electron chi connectivity index (χ2n) is 4.81. The molecule has 0 spiro atoms. The molecular weight excluding hydrogens is 318 g/mol. The van der Waals surface area contributed by atoms with Gasteiger partial charge in [-0.3, -0.25) is 0 Å². The van der Waals surface area contributed by atoms with Crippen LogP contribution in [0, 0.1) is 13.8 Å². The van der Waals surface area contributed by atoms with E-state index in [0.717, 1.165) is 5.56 Å². The summed E-state index contributed by atoms with van der Waals surface area (Å²) in [6.45, 7) is 7.09. The Kier molecular flexibility index (Phi) is 5.12. The number of aromatic nitrogens is 2. The number of H-pyrrole nitrogens is 1. The molecule has 2 aromatic rings. The minimum Gasteiger partial charge on any atom is -0.434 e. The quantitative estimate of drug-likeness (QED) is 0.816. The largest absolute Gasteiger partial charge is 0.515 e. The molecular formula is C15H19N3O6. The number of anilines is 1. The van der Waals surface area contributed by atoms with Gasteiger partial charge in [0, 0.05) is 5.69 Å². The van der Waals surface area contributed by atoms with Crippen LogP contribution >= 0.6 is 0 Å². The topological polar surface area (TPSA) is 126 Å². The zero-order chi connectivity index (χ0) is 17.9. The minimum absolute atomic E-state index is 0.0791. The van der Waals surface area contributed by atoms with Gasteiger partial charge in [0.1, 0.15) is 5.65 Å². The van der Waals surface area contributed by atoms with Crippen molar-refractivity contribution in [2.75, 3.05) is 18.9 Å². The fourth-order valence-corrected chi connectivity index (χ4v) is 2.05. The van der Waals surface area contributed by atoms with E-state index in [-0.39, 0.29) is 24.8 Å². The van der Waals surface area contributed by atoms with Gasteiger partial charge in [-0.15, -0.1) is 0 Å². The molecule has 0 radical (unpaired) electrons. The summed E-state index contributed by atoms with van der Waals surface area (Å²) in [5, 5.41) is 0.324. The van der Waals surface area contributed by atoms with Crippen molar-refractivity contribution in [1.29, 1.82) is 0 Å². The molecule has 0 aliphatic carbocycles. The van der Waals surface area contributed by atoms with Crippen molar-refractivity contribution < 1.29 is 28.5 Å². The SMILES string of the molecule is CCOC(=O)Oc1[nH]c2nc(C)c(C)c(N)c2c1OC(=O)OCC. The third kappa shape index (κ3) is 3.34. The highest BCUT2D eigenvalue weighted by molar-refractivity contribution is 5.99. The van der Waals surface area contributed by atoms with Crippen molar-refractivity contribution in [3.63, 3.8) is 0 Å². The number of nitrogen functional groups attached to an aromatic ring is 1. The smallest absolute Gasteiger partial charge is 0.434 e. The number of hydrogen-bond acceptors (Lipinski definition) is 8. The van der Waals surface area contributed by atoms with E-state index in [0.29, 0.717) is 22.4 Å². The van der Waals surface area contributed by atoms with Gasteiger partial charge in [0.25, 0.3) is 0 Å². The monoisotopic (exact) mass is 337 g/mol. The van der Waals surface area contributed by atoms with Crippen molar-refractivity contribution >= 4 is 29.0 Å². The molecule has 0 aromatic carbocycles. The van der Waals surface area contributed by atoms with Gasteiger partial charge in [0.15, 0.2) is 0 Å². The molecule has 9 heteroatoms. The maximum atomic E-state index is 11.7. The fourth-order valence-electron chi connectivity index (χ4n) is 2.05. The maximum Gasteiger partial charge on any atom is 0.515 e. The van der Waals surface area contributed by atoms with Gasteiger partial charge in [0.2, 0.25) is 11.6 Å². The number of aromatic amines is 1. The molecule has 3 N–H and O–H groups in total. The zero-order valence-electron chi connectivity index (χ0n) is 13.9. The lowest BCUT2D eigenvalue weighted by Crippen LogP contribution is -2.13. The van der Waals surface area contributed by atoms with Gasteiger partial charge in [-0.1, -0.05) is 0 Å². The first kappa shape index (κ1) is 17.4. The second kappa shape index (κ2) is 7.07. The van der Waals surface area contributed by atoms with E-state index < -0.39 is 12.3 Å². The Hall–Kier alpha value is -2.97. The molecule has 0 unspecified atom stereocenters. The molecule has 0 bridgehead atoms. The van der Waals surface area contributed by atoms with Crippen LogP contribution in [0.15, 0.2) is 0 Å². The molecule has 130 valence electrons. The highest BCUT2D eigenvalue weighted by atomic mass is 16.7. The summed E-state index contributed by atoms with van der Waals surface area (Å²) in [6, 6.07) is 0. The molecule has 9 nitrogen and oxygen atoms in total. The summed E-state index contributed by atoms with van der Waals surface area (Å²) >= 11 is 0. The third-order valence-corrected chi connectivity index (χ3v) is 3.29. The number of nitrogens with one attached hydrogen (secondary N) is 1. The van der Waals surface area contributed by atoms with Crippen LogP contribution in [0.3, 0.4) is 0 Å². The van der Waals surface area contributed by atoms with Crippen LogP contribution in [0.25, 0.3) is 11.0 Å². The number of nitrogens with two attached hydrogens (primary N) is 1. The van der Waals surface area contributed by atoms with Crippen LogP contribution in [-0.4, -0.2) is 35.5 Å². The summed E-state index contributed by atoms with van der Waals surface area (Å²) < 4.78 is 19.7. The zero-order valence-corrected chi connectivity index (χ0v) is 13.9. The Morgan fingerprint density at radius 1 is 1.08 bits per heavy atom. The fraction of sp³-hybridized carbons (Fsp3) is 0.400. The van der Waals surface area contributed by atoms with Gasteiger partial charge in [0.05, 0.1) is 24.3 Å². The van der Waals surface area contributed by atoms with E-state index in [1.807, 2.05) is 0 Å². The molecule has 0 fully saturated rings. The van der Waals surface area contributed by atoms with Crippen molar-refractivity contribution in [1.82, 2.24) is 9.97 Å². The van der Waals surface area contributed by atoms with Crippen LogP contribution in [0.1, 0.15) is 25.1 Å². The van der Waals surface area contributed by atoms with Gasteiger partial charge >= 0.3 is 12.3 Å². The van der Waals surface area contributed by atoms with E-state index >= 15 is 0 Å². The molecule has 0 saturated carbocycles. The van der Waals surface area contributed by atoms with Gasteiger partial charge in [-0.05, 0) is 33.3 Å². The third-order valence-electron chi connectivity index (χ3n) is 3.29. The first-order chi connectivity index (χ1) is 11.4. The number of pyridine rings is 1. The number of nitrogens with zero attached hydrogens (tertiary/aromatic N) is 1. The van der Waals surface area contributed by atoms with Crippen molar-refractivity contribution in [2.24, 2.45) is 0 Å². The van der Waals surface area contributed by atoms with Crippen LogP contribution in [0.4, 0.5) is 15.3 Å². The van der Waals surface area contributed by atoms with Crippen LogP contribution < -0.4 is 15.2 Å². The molecule has 24 heavy (non-hydrogen) atoms. The van der Waals surface area contributed by atoms with Crippen LogP contribution in [-0.2, 0) is 9.47 Å². The Bertz CT molecular complexity index is 783. The first-order valence-electron chi connectivity index (χ1n) is 7.36. The highest BCUT2D eigenvalue weighted by Gasteiger charge is 2.25. The van der Waals surface area contributed by atoms with E-state index in [1.54, 1.807) is 27.7 Å². The minimum atomic E-state index is -0.954. The van der Waals surface area contributed by atoms with E-state index in [4.69, 9.17) is 24.7 Å². The van der Waals surface area contributed by atoms with Crippen molar-refractivity contribution in [2.45, 2.75) is 27.7 Å². The number of carbonyl (C=O) groups excluding carboxylic acids is 2. The average Bonchev–Trinajstić information content (AvgIpc) is 2.82. The van der Waals surface area contributed by atoms with E-state index in [1.165, 1.54) is 0 Å². The Morgan fingerprint density at radius 2 is 1.67 bits per heavy atom. The molecule has 0 atom stereocenters. The number of ether oxygens (including phenoxy) is 4. The lowest BCUT2D eigenvalue weighted by atomic mass is 10.1. The summed E-state index contributed by atoms with van der Waals surface area (Å²) in [4.78, 5) is 30.4. The Balaban J connectivity index is 2.56. The summed E-state index contributed by atoms with van der Waals surface area (Å²) in [5.74, 6) is -0.217. The van der Waals surface area contributed by atoms with Crippen molar-refractivity contribution in [3.05, 3.63) is 11.3 Å². The molecule has 2 heterocycles. The number of fused-ring (bicyclic) bond motifs is 1. The van der Waals surface area contributed by atoms with E-state index in [2.05, 4.69) is 9.97 Å². The lowest BCUT2D eigenvalue weighted by Gasteiger charge is -2.08. The van der Waals surface area contributed by atoms with Gasteiger partial charge in [-0.25, -0.2) is 14.6 Å².